The van der Waals surface area contributed by atoms with E-state index in [1.54, 1.807) is 18.2 Å². The van der Waals surface area contributed by atoms with Crippen molar-refractivity contribution in [1.82, 2.24) is 0 Å². The highest BCUT2D eigenvalue weighted by Gasteiger charge is 2.19. The molecule has 0 saturated heterocycles. The molecule has 0 aliphatic heterocycles. The van der Waals surface area contributed by atoms with E-state index in [1.807, 2.05) is 19.9 Å². The molecule has 0 saturated carbocycles. The molecule has 0 atom stereocenters. The standard InChI is InChI=1S/C16H15Cl2NO2/c1-3-21-14-8-11(17)10(7-12(14)18)16(20)15-9(2)5-4-6-13(15)19/h4-8H,3,19H2,1-2H3. The molecule has 0 heterocycles. The molecule has 0 unspecified atom stereocenters. The second-order valence-corrected chi connectivity index (χ2v) is 5.38. The van der Waals surface area contributed by atoms with Gasteiger partial charge in [-0.25, -0.2) is 0 Å². The van der Waals surface area contributed by atoms with Gasteiger partial charge in [0.2, 0.25) is 0 Å². The van der Waals surface area contributed by atoms with Crippen molar-refractivity contribution >= 4 is 34.7 Å². The first kappa shape index (κ1) is 15.7. The molecule has 110 valence electrons. The Morgan fingerprint density at radius 2 is 1.95 bits per heavy atom. The van der Waals surface area contributed by atoms with Crippen LogP contribution in [0.1, 0.15) is 28.4 Å². The summed E-state index contributed by atoms with van der Waals surface area (Å²) in [4.78, 5) is 12.7. The van der Waals surface area contributed by atoms with E-state index in [0.29, 0.717) is 34.2 Å². The molecular weight excluding hydrogens is 309 g/mol. The number of hydrogen-bond donors (Lipinski definition) is 1. The number of hydrogen-bond acceptors (Lipinski definition) is 3. The number of halogens is 2. The van der Waals surface area contributed by atoms with Gasteiger partial charge < -0.3 is 10.5 Å². The predicted molar refractivity (Wildman–Crippen MR) is 86.7 cm³/mol. The monoisotopic (exact) mass is 323 g/mol. The van der Waals surface area contributed by atoms with Crippen LogP contribution in [0.4, 0.5) is 5.69 Å². The van der Waals surface area contributed by atoms with Crippen molar-refractivity contribution in [3.05, 3.63) is 57.1 Å². The third-order valence-electron chi connectivity index (χ3n) is 3.10. The van der Waals surface area contributed by atoms with Crippen molar-refractivity contribution in [2.45, 2.75) is 13.8 Å². The van der Waals surface area contributed by atoms with E-state index in [-0.39, 0.29) is 10.8 Å². The Morgan fingerprint density at radius 3 is 2.57 bits per heavy atom. The van der Waals surface area contributed by atoms with Crippen molar-refractivity contribution in [3.63, 3.8) is 0 Å². The Morgan fingerprint density at radius 1 is 1.24 bits per heavy atom. The fourth-order valence-electron chi connectivity index (χ4n) is 2.10. The molecule has 0 aromatic heterocycles. The Kier molecular flexibility index (Phi) is 4.76. The van der Waals surface area contributed by atoms with Crippen molar-refractivity contribution in [1.29, 1.82) is 0 Å². The Hall–Kier alpha value is -1.71. The largest absolute Gasteiger partial charge is 0.492 e. The van der Waals surface area contributed by atoms with Gasteiger partial charge >= 0.3 is 0 Å². The Labute approximate surface area is 133 Å². The summed E-state index contributed by atoms with van der Waals surface area (Å²) in [7, 11) is 0. The molecule has 21 heavy (non-hydrogen) atoms. The second kappa shape index (κ2) is 6.37. The maximum absolute atomic E-state index is 12.7. The van der Waals surface area contributed by atoms with Gasteiger partial charge in [0.1, 0.15) is 5.75 Å². The molecule has 0 radical (unpaired) electrons. The second-order valence-electron chi connectivity index (χ2n) is 4.56. The van der Waals surface area contributed by atoms with E-state index in [9.17, 15) is 4.79 Å². The minimum Gasteiger partial charge on any atom is -0.492 e. The summed E-state index contributed by atoms with van der Waals surface area (Å²) in [6.45, 7) is 4.14. The average molecular weight is 324 g/mol. The Bertz CT molecular complexity index is 679. The van der Waals surface area contributed by atoms with Crippen molar-refractivity contribution in [2.24, 2.45) is 0 Å². The van der Waals surface area contributed by atoms with Crippen molar-refractivity contribution < 1.29 is 9.53 Å². The maximum Gasteiger partial charge on any atom is 0.196 e. The third kappa shape index (κ3) is 3.14. The number of aryl methyl sites for hydroxylation is 1. The Balaban J connectivity index is 2.52. The van der Waals surface area contributed by atoms with E-state index < -0.39 is 0 Å². The van der Waals surface area contributed by atoms with E-state index in [2.05, 4.69) is 0 Å². The highest BCUT2D eigenvalue weighted by Crippen LogP contribution is 2.33. The number of nitrogens with two attached hydrogens (primary N) is 1. The lowest BCUT2D eigenvalue weighted by molar-refractivity contribution is 0.103. The molecule has 0 fully saturated rings. The van der Waals surface area contributed by atoms with Crippen LogP contribution in [0, 0.1) is 6.92 Å². The van der Waals surface area contributed by atoms with Crippen molar-refractivity contribution in [3.8, 4) is 5.75 Å². The predicted octanol–water partition coefficient (Wildman–Crippen LogP) is 4.51. The summed E-state index contributed by atoms with van der Waals surface area (Å²) >= 11 is 12.3. The smallest absolute Gasteiger partial charge is 0.196 e. The van der Waals surface area contributed by atoms with E-state index in [0.717, 1.165) is 5.56 Å². The normalized spacial score (nSPS) is 10.5. The van der Waals surface area contributed by atoms with Crippen LogP contribution in [0.3, 0.4) is 0 Å². The van der Waals surface area contributed by atoms with Gasteiger partial charge in [-0.1, -0.05) is 35.3 Å². The fourth-order valence-corrected chi connectivity index (χ4v) is 2.56. The van der Waals surface area contributed by atoms with Crippen LogP contribution in [-0.2, 0) is 0 Å². The summed E-state index contributed by atoms with van der Waals surface area (Å²) in [5.74, 6) is 0.207. The van der Waals surface area contributed by atoms with Crippen LogP contribution in [0.25, 0.3) is 0 Å². The summed E-state index contributed by atoms with van der Waals surface area (Å²) < 4.78 is 5.35. The number of ketones is 1. The van der Waals surface area contributed by atoms with Gasteiger partial charge in [0.15, 0.2) is 5.78 Å². The first-order valence-corrected chi connectivity index (χ1v) is 7.23. The minimum absolute atomic E-state index is 0.249. The molecule has 0 aliphatic rings. The quantitative estimate of drug-likeness (QED) is 0.665. The number of carbonyl (C=O) groups is 1. The van der Waals surface area contributed by atoms with Gasteiger partial charge in [-0.2, -0.15) is 0 Å². The molecule has 2 aromatic rings. The average Bonchev–Trinajstić information content (AvgIpc) is 2.42. The lowest BCUT2D eigenvalue weighted by atomic mass is 9.97. The molecule has 3 nitrogen and oxygen atoms in total. The lowest BCUT2D eigenvalue weighted by Crippen LogP contribution is -2.08. The molecule has 0 bridgehead atoms. The van der Waals surface area contributed by atoms with Crippen LogP contribution in [0.5, 0.6) is 5.75 Å². The molecular formula is C16H15Cl2NO2. The number of ether oxygens (including phenoxy) is 1. The number of rotatable bonds is 4. The zero-order valence-electron chi connectivity index (χ0n) is 11.7. The van der Waals surface area contributed by atoms with Crippen molar-refractivity contribution in [2.75, 3.05) is 12.3 Å². The number of nitrogen functional groups attached to an aromatic ring is 1. The van der Waals surface area contributed by atoms with E-state index >= 15 is 0 Å². The molecule has 0 aliphatic carbocycles. The molecule has 0 amide bonds. The van der Waals surface area contributed by atoms with Gasteiger partial charge in [-0.15, -0.1) is 0 Å². The van der Waals surface area contributed by atoms with Gasteiger partial charge in [0, 0.05) is 22.9 Å². The molecule has 2 rings (SSSR count). The third-order valence-corrected chi connectivity index (χ3v) is 3.71. The fraction of sp³-hybridized carbons (Fsp3) is 0.188. The maximum atomic E-state index is 12.7. The van der Waals surface area contributed by atoms with E-state index in [4.69, 9.17) is 33.7 Å². The summed E-state index contributed by atoms with van der Waals surface area (Å²) in [6, 6.07) is 8.38. The van der Waals surface area contributed by atoms with Crippen LogP contribution in [0.2, 0.25) is 10.0 Å². The van der Waals surface area contributed by atoms with Gasteiger partial charge in [-0.05, 0) is 31.5 Å². The number of anilines is 1. The van der Waals surface area contributed by atoms with E-state index in [1.165, 1.54) is 6.07 Å². The van der Waals surface area contributed by atoms with Crippen LogP contribution in [-0.4, -0.2) is 12.4 Å². The van der Waals surface area contributed by atoms with Gasteiger partial charge in [0.05, 0.1) is 16.7 Å². The molecule has 5 heteroatoms. The number of benzene rings is 2. The van der Waals surface area contributed by atoms with Crippen LogP contribution >= 0.6 is 23.2 Å². The zero-order chi connectivity index (χ0) is 15.6. The first-order chi connectivity index (χ1) is 9.95. The molecule has 2 aromatic carbocycles. The zero-order valence-corrected chi connectivity index (χ0v) is 13.3. The minimum atomic E-state index is -0.249. The van der Waals surface area contributed by atoms with Crippen LogP contribution < -0.4 is 10.5 Å². The number of carbonyl (C=O) groups excluding carboxylic acids is 1. The van der Waals surface area contributed by atoms with Gasteiger partial charge in [0.25, 0.3) is 0 Å². The highest BCUT2D eigenvalue weighted by atomic mass is 35.5. The summed E-state index contributed by atoms with van der Waals surface area (Å²) in [5, 5.41) is 0.632. The topological polar surface area (TPSA) is 52.3 Å². The van der Waals surface area contributed by atoms with Crippen LogP contribution in [0.15, 0.2) is 30.3 Å². The summed E-state index contributed by atoms with van der Waals surface area (Å²) in [5.41, 5.74) is 7.87. The van der Waals surface area contributed by atoms with Gasteiger partial charge in [-0.3, -0.25) is 4.79 Å². The highest BCUT2D eigenvalue weighted by molar-refractivity contribution is 6.38. The first-order valence-electron chi connectivity index (χ1n) is 6.47. The summed E-state index contributed by atoms with van der Waals surface area (Å²) in [6.07, 6.45) is 0. The molecule has 0 spiro atoms. The molecule has 2 N–H and O–H groups in total. The lowest BCUT2D eigenvalue weighted by Gasteiger charge is -2.12. The SMILES string of the molecule is CCOc1cc(Cl)c(C(=O)c2c(C)cccc2N)cc1Cl.